The van der Waals surface area contributed by atoms with Gasteiger partial charge >= 0.3 is 0 Å². The maximum Gasteiger partial charge on any atom is 0.174 e. The third-order valence-corrected chi connectivity index (χ3v) is 6.66. The summed E-state index contributed by atoms with van der Waals surface area (Å²) in [5.74, 6) is 1.69. The molecule has 0 unspecified atom stereocenters. The van der Waals surface area contributed by atoms with Gasteiger partial charge < -0.3 is 19.5 Å². The van der Waals surface area contributed by atoms with Crippen molar-refractivity contribution >= 4 is 23.0 Å². The first kappa shape index (κ1) is 22.1. The molecule has 5 rings (SSSR count). The van der Waals surface area contributed by atoms with E-state index < -0.39 is 0 Å². The summed E-state index contributed by atoms with van der Waals surface area (Å²) < 4.78 is 7.71. The second-order valence-corrected chi connectivity index (χ2v) is 8.94. The maximum absolute atomic E-state index is 5.87. The van der Waals surface area contributed by atoms with Crippen LogP contribution in [0.1, 0.15) is 40.3 Å². The summed E-state index contributed by atoms with van der Waals surface area (Å²) in [6, 6.07) is 20.2. The summed E-state index contributed by atoms with van der Waals surface area (Å²) in [5, 5.41) is 4.20. The number of anilines is 1. The summed E-state index contributed by atoms with van der Waals surface area (Å²) >= 11 is 5.87. The number of aromatic nitrogens is 3. The number of methoxy groups -OCH3 is 1. The zero-order valence-corrected chi connectivity index (χ0v) is 20.5. The Bertz CT molecular complexity index is 1330. The Hall–Kier alpha value is -3.71. The van der Waals surface area contributed by atoms with Crippen LogP contribution in [0, 0.1) is 20.8 Å². The number of ether oxygens (including phenoxy) is 1. The number of nitrogens with one attached hydrogen (secondary N) is 1. The van der Waals surface area contributed by atoms with Crippen molar-refractivity contribution in [3.63, 3.8) is 0 Å². The normalized spacial score (nSPS) is 17.6. The van der Waals surface area contributed by atoms with Gasteiger partial charge in [-0.05, 0) is 80.5 Å². The van der Waals surface area contributed by atoms with Crippen LogP contribution in [-0.4, -0.2) is 26.8 Å². The van der Waals surface area contributed by atoms with Gasteiger partial charge in [0.05, 0.1) is 24.9 Å². The number of thiocarbonyl (C=S) groups is 1. The standard InChI is InChI=1S/C27H27N5OS/c1-17-11-12-24(29-16-17)31-18(2)14-22(19(31)3)26-25(23-10-5-6-13-28-23)30-27(34)32(26)20-8-7-9-21(15-20)33-4/h5-16,25-26H,1-4H3,(H,30,34)/t25-,26-/m0/s1. The number of pyridine rings is 2. The largest absolute Gasteiger partial charge is 0.497 e. The van der Waals surface area contributed by atoms with Crippen LogP contribution in [-0.2, 0) is 0 Å². The molecule has 0 bridgehead atoms. The van der Waals surface area contributed by atoms with Crippen molar-refractivity contribution in [1.29, 1.82) is 0 Å². The van der Waals surface area contributed by atoms with Crippen LogP contribution in [0.4, 0.5) is 5.69 Å². The molecule has 0 spiro atoms. The van der Waals surface area contributed by atoms with E-state index in [4.69, 9.17) is 17.0 Å². The van der Waals surface area contributed by atoms with Crippen LogP contribution in [0.5, 0.6) is 5.75 Å². The number of aryl methyl sites for hydroxylation is 2. The molecule has 1 saturated heterocycles. The predicted octanol–water partition coefficient (Wildman–Crippen LogP) is 5.38. The number of hydrogen-bond donors (Lipinski definition) is 1. The van der Waals surface area contributed by atoms with Gasteiger partial charge in [-0.25, -0.2) is 4.98 Å². The van der Waals surface area contributed by atoms with Crippen LogP contribution in [0.25, 0.3) is 5.82 Å². The molecule has 2 atom stereocenters. The lowest BCUT2D eigenvalue weighted by molar-refractivity contribution is 0.415. The van der Waals surface area contributed by atoms with E-state index in [-0.39, 0.29) is 12.1 Å². The van der Waals surface area contributed by atoms with Gasteiger partial charge in [-0.3, -0.25) is 4.98 Å². The van der Waals surface area contributed by atoms with Gasteiger partial charge in [-0.1, -0.05) is 18.2 Å². The highest BCUT2D eigenvalue weighted by molar-refractivity contribution is 7.80. The Morgan fingerprint density at radius 1 is 0.971 bits per heavy atom. The van der Waals surface area contributed by atoms with E-state index in [1.807, 2.05) is 55.7 Å². The highest BCUT2D eigenvalue weighted by atomic mass is 32.1. The smallest absolute Gasteiger partial charge is 0.174 e. The molecule has 7 heteroatoms. The zero-order valence-electron chi connectivity index (χ0n) is 19.7. The number of nitrogens with zero attached hydrogens (tertiary/aromatic N) is 4. The summed E-state index contributed by atoms with van der Waals surface area (Å²) in [6.45, 7) is 6.31. The molecule has 6 nitrogen and oxygen atoms in total. The fraction of sp³-hybridized carbons (Fsp3) is 0.222. The summed E-state index contributed by atoms with van der Waals surface area (Å²) in [7, 11) is 1.68. The Morgan fingerprint density at radius 2 is 1.82 bits per heavy atom. The van der Waals surface area contributed by atoms with Crippen LogP contribution in [0.15, 0.2) is 73.1 Å². The lowest BCUT2D eigenvalue weighted by Crippen LogP contribution is -2.29. The molecule has 1 fully saturated rings. The van der Waals surface area contributed by atoms with Gasteiger partial charge in [0, 0.05) is 35.5 Å². The van der Waals surface area contributed by atoms with Gasteiger partial charge in [0.15, 0.2) is 5.11 Å². The van der Waals surface area contributed by atoms with Crippen molar-refractivity contribution in [3.05, 3.63) is 101 Å². The highest BCUT2D eigenvalue weighted by Gasteiger charge is 2.42. The summed E-state index contributed by atoms with van der Waals surface area (Å²) in [6.07, 6.45) is 3.73. The van der Waals surface area contributed by atoms with E-state index in [0.717, 1.165) is 39.9 Å². The van der Waals surface area contributed by atoms with Crippen molar-refractivity contribution in [2.24, 2.45) is 0 Å². The second kappa shape index (κ2) is 8.91. The minimum atomic E-state index is -0.111. The topological polar surface area (TPSA) is 55.2 Å². The Kier molecular flexibility index (Phi) is 5.79. The summed E-state index contributed by atoms with van der Waals surface area (Å²) in [4.78, 5) is 11.5. The van der Waals surface area contributed by atoms with Gasteiger partial charge in [0.25, 0.3) is 0 Å². The Morgan fingerprint density at radius 3 is 2.53 bits per heavy atom. The molecule has 0 aliphatic carbocycles. The molecule has 1 aromatic carbocycles. The van der Waals surface area contributed by atoms with Gasteiger partial charge in [0.1, 0.15) is 11.6 Å². The zero-order chi connectivity index (χ0) is 23.8. The van der Waals surface area contributed by atoms with Crippen molar-refractivity contribution in [1.82, 2.24) is 19.9 Å². The van der Waals surface area contributed by atoms with Gasteiger partial charge in [-0.2, -0.15) is 0 Å². The molecule has 0 amide bonds. The van der Waals surface area contributed by atoms with Crippen LogP contribution in [0.2, 0.25) is 0 Å². The minimum absolute atomic E-state index is 0.0973. The molecule has 34 heavy (non-hydrogen) atoms. The molecule has 3 aromatic heterocycles. The Labute approximate surface area is 205 Å². The lowest BCUT2D eigenvalue weighted by Gasteiger charge is -2.28. The van der Waals surface area contributed by atoms with E-state index in [2.05, 4.69) is 62.9 Å². The molecule has 0 radical (unpaired) electrons. The first-order valence-electron chi connectivity index (χ1n) is 11.2. The molecule has 1 aliphatic heterocycles. The monoisotopic (exact) mass is 469 g/mol. The Balaban J connectivity index is 1.68. The molecule has 1 N–H and O–H groups in total. The first-order valence-corrected chi connectivity index (χ1v) is 11.7. The highest BCUT2D eigenvalue weighted by Crippen LogP contribution is 2.44. The van der Waals surface area contributed by atoms with E-state index in [1.165, 1.54) is 5.56 Å². The van der Waals surface area contributed by atoms with E-state index >= 15 is 0 Å². The van der Waals surface area contributed by atoms with Crippen LogP contribution >= 0.6 is 12.2 Å². The fourth-order valence-electron chi connectivity index (χ4n) is 4.74. The van der Waals surface area contributed by atoms with Crippen LogP contribution in [0.3, 0.4) is 0 Å². The summed E-state index contributed by atoms with van der Waals surface area (Å²) in [5.41, 5.74) is 6.46. The van der Waals surface area contributed by atoms with E-state index in [1.54, 1.807) is 7.11 Å². The van der Waals surface area contributed by atoms with Crippen molar-refractivity contribution < 1.29 is 4.74 Å². The molecule has 4 aromatic rings. The van der Waals surface area contributed by atoms with E-state index in [9.17, 15) is 0 Å². The average Bonchev–Trinajstić information content (AvgIpc) is 3.35. The van der Waals surface area contributed by atoms with Crippen molar-refractivity contribution in [2.75, 3.05) is 12.0 Å². The molecule has 1 aliphatic rings. The molecule has 172 valence electrons. The molecule has 4 heterocycles. The number of benzene rings is 1. The average molecular weight is 470 g/mol. The first-order chi connectivity index (χ1) is 16.5. The quantitative estimate of drug-likeness (QED) is 0.396. The number of hydrogen-bond acceptors (Lipinski definition) is 4. The van der Waals surface area contributed by atoms with Crippen LogP contribution < -0.4 is 15.0 Å². The van der Waals surface area contributed by atoms with E-state index in [0.29, 0.717) is 5.11 Å². The van der Waals surface area contributed by atoms with Gasteiger partial charge in [0.2, 0.25) is 0 Å². The molecule has 0 saturated carbocycles. The lowest BCUT2D eigenvalue weighted by atomic mass is 9.96. The third-order valence-electron chi connectivity index (χ3n) is 6.34. The maximum atomic E-state index is 5.87. The van der Waals surface area contributed by atoms with Gasteiger partial charge in [-0.15, -0.1) is 0 Å². The van der Waals surface area contributed by atoms with Crippen molar-refractivity contribution in [2.45, 2.75) is 32.9 Å². The third kappa shape index (κ3) is 3.82. The van der Waals surface area contributed by atoms with Crippen molar-refractivity contribution in [3.8, 4) is 11.6 Å². The fourth-order valence-corrected chi connectivity index (χ4v) is 5.09. The molecular weight excluding hydrogens is 442 g/mol. The number of rotatable bonds is 5. The second-order valence-electron chi connectivity index (χ2n) is 8.55. The minimum Gasteiger partial charge on any atom is -0.497 e. The molecular formula is C27H27N5OS. The SMILES string of the molecule is COc1cccc(N2C(=S)N[C@@H](c3ccccn3)[C@@H]2c2cc(C)n(-c3ccc(C)cn3)c2C)c1. The predicted molar refractivity (Wildman–Crippen MR) is 139 cm³/mol.